The number of amides is 2. The van der Waals surface area contributed by atoms with Crippen LogP contribution in [0.1, 0.15) is 5.56 Å². The van der Waals surface area contributed by atoms with E-state index in [4.69, 9.17) is 10.5 Å². The Bertz CT molecular complexity index is 2860. The second kappa shape index (κ2) is 16.6. The molecule has 2 amide bonds. The van der Waals surface area contributed by atoms with E-state index in [2.05, 4.69) is 48.0 Å². The van der Waals surface area contributed by atoms with Gasteiger partial charge in [-0.1, -0.05) is 18.7 Å². The second-order valence-corrected chi connectivity index (χ2v) is 15.9. The van der Waals surface area contributed by atoms with E-state index >= 15 is 0 Å². The number of nitrogens with zero attached hydrogens (tertiary/aromatic N) is 5. The van der Waals surface area contributed by atoms with Gasteiger partial charge in [-0.05, 0) is 90.7 Å². The molecule has 0 aliphatic carbocycles. The van der Waals surface area contributed by atoms with Crippen molar-refractivity contribution in [1.29, 1.82) is 0 Å². The molecule has 5 aromatic carbocycles. The van der Waals surface area contributed by atoms with Gasteiger partial charge in [-0.25, -0.2) is 4.79 Å². The Morgan fingerprint density at radius 1 is 0.719 bits per heavy atom. The van der Waals surface area contributed by atoms with Crippen LogP contribution in [-0.4, -0.2) is 58.0 Å². The summed E-state index contributed by atoms with van der Waals surface area (Å²) in [6, 6.07) is 19.5. The summed E-state index contributed by atoms with van der Waals surface area (Å²) in [6.45, 7) is 5.57. The van der Waals surface area contributed by atoms with E-state index < -0.39 is 46.2 Å². The number of methoxy groups -OCH3 is 1. The molecule has 0 aromatic heterocycles. The zero-order valence-electron chi connectivity index (χ0n) is 29.5. The van der Waals surface area contributed by atoms with Crippen molar-refractivity contribution >= 4 is 87.2 Å². The zero-order chi connectivity index (χ0) is 41.7. The molecular weight excluding hydrogens is 807 g/mol. The van der Waals surface area contributed by atoms with Gasteiger partial charge in [0, 0.05) is 17.1 Å². The van der Waals surface area contributed by atoms with Crippen molar-refractivity contribution in [2.45, 2.75) is 21.6 Å². The predicted octanol–water partition coefficient (Wildman–Crippen LogP) is 6.75. The van der Waals surface area contributed by atoms with Crippen molar-refractivity contribution in [2.75, 3.05) is 17.7 Å². The van der Waals surface area contributed by atoms with Crippen LogP contribution in [0.15, 0.2) is 144 Å². The van der Waals surface area contributed by atoms with Crippen molar-refractivity contribution < 1.29 is 48.4 Å². The van der Waals surface area contributed by atoms with E-state index in [0.717, 1.165) is 12.1 Å². The van der Waals surface area contributed by atoms with Gasteiger partial charge in [0.1, 0.15) is 16.5 Å². The molecule has 0 atom stereocenters. The summed E-state index contributed by atoms with van der Waals surface area (Å²) in [5.74, 6) is 0.208. The van der Waals surface area contributed by atoms with E-state index in [9.17, 15) is 43.7 Å². The average Bonchev–Trinajstić information content (AvgIpc) is 3.12. The Kier molecular flexibility index (Phi) is 12.1. The van der Waals surface area contributed by atoms with Crippen LogP contribution < -0.4 is 26.4 Å². The van der Waals surface area contributed by atoms with Crippen molar-refractivity contribution in [3.05, 3.63) is 109 Å². The lowest BCUT2D eigenvalue weighted by Crippen LogP contribution is -2.39. The number of aliphatic imine (C=N–C) groups is 1. The summed E-state index contributed by atoms with van der Waals surface area (Å²) in [5, 5.41) is 24.7. The number of urea groups is 1. The number of aryl methyl sites for hydroxylation is 1. The van der Waals surface area contributed by atoms with E-state index in [1.165, 1.54) is 49.6 Å². The maximum Gasteiger partial charge on any atom is 0.318 e. The standard InChI is InChI=1S/C34H31N9O11S3/c1-19-13-22(9-11-29(19)43-42-24-8-7-21-14-27(56(48,49)50)18-32(28(21)16-24)57(51,52)53)38-34(39-33(35)44)37-20(2)36-30-12-10-25(17-31(30)54-3)41-40-23-5-4-6-26(15-23)55(45,46)47/h4-18,36H,2H2,1,3H3,(H,45,46,47)(H,48,49,50)(H,51,52,53)(H4,35,37,38,39,44). The van der Waals surface area contributed by atoms with Gasteiger partial charge in [0.05, 0.1) is 45.3 Å². The molecule has 23 heteroatoms. The molecule has 5 rings (SSSR count). The zero-order valence-corrected chi connectivity index (χ0v) is 32.0. The van der Waals surface area contributed by atoms with Crippen LogP contribution in [0.4, 0.5) is 38.9 Å². The van der Waals surface area contributed by atoms with Gasteiger partial charge in [-0.3, -0.25) is 19.0 Å². The van der Waals surface area contributed by atoms with Gasteiger partial charge in [-0.15, -0.1) is 0 Å². The number of carbonyl (C=O) groups is 1. The summed E-state index contributed by atoms with van der Waals surface area (Å²) in [6.07, 6.45) is 0. The molecule has 0 unspecified atom stereocenters. The minimum Gasteiger partial charge on any atom is -0.494 e. The molecule has 0 spiro atoms. The second-order valence-electron chi connectivity index (χ2n) is 11.7. The molecule has 8 N–H and O–H groups in total. The molecule has 57 heavy (non-hydrogen) atoms. The van der Waals surface area contributed by atoms with Gasteiger partial charge in [0.15, 0.2) is 0 Å². The number of hydrogen-bond acceptors (Lipinski definition) is 14. The molecule has 0 aliphatic heterocycles. The van der Waals surface area contributed by atoms with Crippen LogP contribution in [0.2, 0.25) is 0 Å². The molecule has 0 radical (unpaired) electrons. The normalized spacial score (nSPS) is 12.5. The topological polar surface area (TPSA) is 313 Å². The number of rotatable bonds is 12. The molecule has 0 aliphatic rings. The number of anilines is 2. The average molecular weight is 838 g/mol. The van der Waals surface area contributed by atoms with Gasteiger partial charge in [0.25, 0.3) is 30.4 Å². The highest BCUT2D eigenvalue weighted by Crippen LogP contribution is 2.33. The molecule has 20 nitrogen and oxygen atoms in total. The summed E-state index contributed by atoms with van der Waals surface area (Å²) in [5.41, 5.74) is 7.82. The third kappa shape index (κ3) is 11.0. The number of nitrogens with two attached hydrogens (primary N) is 1. The number of ether oxygens (including phenoxy) is 1. The minimum absolute atomic E-state index is 0.0323. The smallest absolute Gasteiger partial charge is 0.318 e. The van der Waals surface area contributed by atoms with Crippen LogP contribution in [0.5, 0.6) is 5.75 Å². The van der Waals surface area contributed by atoms with Gasteiger partial charge < -0.3 is 21.1 Å². The Labute approximate surface area is 325 Å². The molecule has 0 bridgehead atoms. The van der Waals surface area contributed by atoms with E-state index in [1.54, 1.807) is 37.3 Å². The number of azo groups is 2. The van der Waals surface area contributed by atoms with Crippen molar-refractivity contribution in [3.8, 4) is 5.75 Å². The number of primary amides is 1. The fourth-order valence-corrected chi connectivity index (χ4v) is 6.86. The Morgan fingerprint density at radius 3 is 2.00 bits per heavy atom. The van der Waals surface area contributed by atoms with Crippen LogP contribution in [0.25, 0.3) is 10.8 Å². The third-order valence-corrected chi connectivity index (χ3v) is 10.1. The Hall–Kier alpha value is -6.63. The van der Waals surface area contributed by atoms with Crippen molar-refractivity contribution in [1.82, 2.24) is 5.32 Å². The number of nitrogens with one attached hydrogen (secondary N) is 3. The number of carbonyl (C=O) groups excluding carboxylic acids is 1. The highest BCUT2D eigenvalue weighted by Gasteiger charge is 2.21. The lowest BCUT2D eigenvalue weighted by atomic mass is 10.1. The molecule has 0 fully saturated rings. The summed E-state index contributed by atoms with van der Waals surface area (Å²) in [7, 11) is -12.7. The number of hydrogen-bond donors (Lipinski definition) is 7. The lowest BCUT2D eigenvalue weighted by Gasteiger charge is -2.14. The maximum atomic E-state index is 12.0. The van der Waals surface area contributed by atoms with Gasteiger partial charge in [0.2, 0.25) is 5.96 Å². The first kappa shape index (κ1) is 41.5. The maximum absolute atomic E-state index is 12.0. The van der Waals surface area contributed by atoms with Crippen molar-refractivity contribution in [2.24, 2.45) is 31.2 Å². The summed E-state index contributed by atoms with van der Waals surface area (Å²) < 4.78 is 104. The summed E-state index contributed by atoms with van der Waals surface area (Å²) in [4.78, 5) is 14.3. The minimum atomic E-state index is -4.91. The Morgan fingerprint density at radius 2 is 1.37 bits per heavy atom. The van der Waals surface area contributed by atoms with Crippen LogP contribution in [0, 0.1) is 6.92 Å². The highest BCUT2D eigenvalue weighted by atomic mass is 32.2. The first-order chi connectivity index (χ1) is 26.7. The fraction of sp³-hybridized carbons (Fsp3) is 0.0588. The van der Waals surface area contributed by atoms with E-state index in [0.29, 0.717) is 40.1 Å². The largest absolute Gasteiger partial charge is 0.494 e. The first-order valence-electron chi connectivity index (χ1n) is 15.8. The predicted molar refractivity (Wildman–Crippen MR) is 209 cm³/mol. The summed E-state index contributed by atoms with van der Waals surface area (Å²) >= 11 is 0. The van der Waals surface area contributed by atoms with Gasteiger partial charge >= 0.3 is 6.03 Å². The van der Waals surface area contributed by atoms with Crippen LogP contribution >= 0.6 is 0 Å². The molecule has 0 heterocycles. The molecule has 0 saturated carbocycles. The highest BCUT2D eigenvalue weighted by molar-refractivity contribution is 7.87. The first-order valence-corrected chi connectivity index (χ1v) is 20.1. The SMILES string of the molecule is C=C(N=C(NC(N)=O)Nc1ccc(N=Nc2ccc3cc(S(=O)(=O)O)cc(S(=O)(=O)O)c3c2)c(C)c1)Nc1ccc(N=Nc2cccc(S(=O)(=O)O)c2)cc1OC. The van der Waals surface area contributed by atoms with Crippen LogP contribution in [-0.2, 0) is 30.4 Å². The van der Waals surface area contributed by atoms with Crippen molar-refractivity contribution in [3.63, 3.8) is 0 Å². The lowest BCUT2D eigenvalue weighted by molar-refractivity contribution is 0.253. The fourth-order valence-electron chi connectivity index (χ4n) is 4.99. The number of benzene rings is 5. The molecule has 5 aromatic rings. The molecule has 296 valence electrons. The number of guanidine groups is 1. The monoisotopic (exact) mass is 837 g/mol. The van der Waals surface area contributed by atoms with E-state index in [1.807, 2.05) is 0 Å². The molecular formula is C34H31N9O11S3. The van der Waals surface area contributed by atoms with Gasteiger partial charge in [-0.2, -0.15) is 50.7 Å². The number of fused-ring (bicyclic) bond motifs is 1. The third-order valence-electron chi connectivity index (χ3n) is 7.53. The molecule has 0 saturated heterocycles. The van der Waals surface area contributed by atoms with E-state index in [-0.39, 0.29) is 38.8 Å². The van der Waals surface area contributed by atoms with Crippen LogP contribution in [0.3, 0.4) is 0 Å². The Balaban J connectivity index is 1.32. The quantitative estimate of drug-likeness (QED) is 0.0296.